The van der Waals surface area contributed by atoms with Crippen LogP contribution < -0.4 is 5.73 Å². The van der Waals surface area contributed by atoms with Gasteiger partial charge in [-0.25, -0.2) is 12.8 Å². The highest BCUT2D eigenvalue weighted by molar-refractivity contribution is 7.89. The number of nitrogens with two attached hydrogens (primary N) is 1. The van der Waals surface area contributed by atoms with Gasteiger partial charge in [-0.2, -0.15) is 4.31 Å². The molecule has 4 nitrogen and oxygen atoms in total. The van der Waals surface area contributed by atoms with Crippen molar-refractivity contribution in [3.8, 4) is 0 Å². The minimum absolute atomic E-state index is 0.124. The lowest BCUT2D eigenvalue weighted by atomic mass is 10.0. The highest BCUT2D eigenvalue weighted by atomic mass is 32.2. The van der Waals surface area contributed by atoms with Crippen LogP contribution in [-0.2, 0) is 10.0 Å². The Kier molecular flexibility index (Phi) is 4.65. The molecule has 0 bridgehead atoms. The van der Waals surface area contributed by atoms with E-state index in [9.17, 15) is 12.8 Å². The third-order valence-corrected chi connectivity index (χ3v) is 6.26. The van der Waals surface area contributed by atoms with Crippen molar-refractivity contribution >= 4 is 27.2 Å². The summed E-state index contributed by atoms with van der Waals surface area (Å²) in [4.78, 5) is -0.389. The van der Waals surface area contributed by atoms with Crippen LogP contribution in [0.2, 0.25) is 0 Å². The molecule has 0 radical (unpaired) electrons. The van der Waals surface area contributed by atoms with Gasteiger partial charge in [-0.15, -0.1) is 0 Å². The third-order valence-electron chi connectivity index (χ3n) is 3.89. The Morgan fingerprint density at radius 1 is 1.33 bits per heavy atom. The van der Waals surface area contributed by atoms with Crippen molar-refractivity contribution in [1.29, 1.82) is 0 Å². The van der Waals surface area contributed by atoms with E-state index in [1.165, 1.54) is 16.4 Å². The summed E-state index contributed by atoms with van der Waals surface area (Å²) in [6.45, 7) is 3.74. The van der Waals surface area contributed by atoms with Crippen molar-refractivity contribution in [2.45, 2.75) is 50.1 Å². The summed E-state index contributed by atoms with van der Waals surface area (Å²) >= 11 is 4.82. The second kappa shape index (κ2) is 5.98. The number of nitrogens with zero attached hydrogens (tertiary/aromatic N) is 1. The molecule has 2 rings (SSSR count). The zero-order valence-electron chi connectivity index (χ0n) is 12.0. The summed E-state index contributed by atoms with van der Waals surface area (Å²) in [6, 6.07) is 3.64. The van der Waals surface area contributed by atoms with Crippen molar-refractivity contribution in [1.82, 2.24) is 4.31 Å². The maximum Gasteiger partial charge on any atom is 0.244 e. The second-order valence-corrected chi connectivity index (χ2v) is 7.69. The normalized spacial score (nSPS) is 24.0. The predicted molar refractivity (Wildman–Crippen MR) is 84.1 cm³/mol. The molecule has 0 aromatic heterocycles. The van der Waals surface area contributed by atoms with Gasteiger partial charge in [-0.1, -0.05) is 24.7 Å². The lowest BCUT2D eigenvalue weighted by Crippen LogP contribution is -2.47. The van der Waals surface area contributed by atoms with Crippen LogP contribution in [0.5, 0.6) is 0 Å². The van der Waals surface area contributed by atoms with Crippen molar-refractivity contribution in [3.05, 3.63) is 29.6 Å². The van der Waals surface area contributed by atoms with Crippen LogP contribution in [-0.4, -0.2) is 29.8 Å². The van der Waals surface area contributed by atoms with Gasteiger partial charge in [-0.05, 0) is 38.8 Å². The first-order chi connectivity index (χ1) is 9.76. The van der Waals surface area contributed by atoms with Gasteiger partial charge in [0.2, 0.25) is 10.0 Å². The van der Waals surface area contributed by atoms with Gasteiger partial charge >= 0.3 is 0 Å². The molecule has 2 atom stereocenters. The number of thiocarbonyl (C=S) groups is 1. The summed E-state index contributed by atoms with van der Waals surface area (Å²) in [5.41, 5.74) is 5.32. The summed E-state index contributed by atoms with van der Waals surface area (Å²) < 4.78 is 41.3. The molecule has 1 heterocycles. The fourth-order valence-corrected chi connectivity index (χ4v) is 5.32. The topological polar surface area (TPSA) is 63.4 Å². The summed E-state index contributed by atoms with van der Waals surface area (Å²) in [6.07, 6.45) is 2.57. The van der Waals surface area contributed by atoms with Gasteiger partial charge in [0.05, 0.1) is 10.5 Å². The Morgan fingerprint density at radius 3 is 2.43 bits per heavy atom. The quantitative estimate of drug-likeness (QED) is 0.865. The fraction of sp³-hybridized carbons (Fsp3) is 0.500. The first-order valence-corrected chi connectivity index (χ1v) is 8.73. The molecule has 116 valence electrons. The van der Waals surface area contributed by atoms with E-state index in [1.807, 2.05) is 13.8 Å². The number of sulfonamides is 1. The minimum Gasteiger partial charge on any atom is -0.389 e. The first-order valence-electron chi connectivity index (χ1n) is 6.88. The monoisotopic (exact) mass is 330 g/mol. The average molecular weight is 330 g/mol. The number of hydrogen-bond donors (Lipinski definition) is 1. The van der Waals surface area contributed by atoms with E-state index in [-0.39, 0.29) is 27.5 Å². The zero-order valence-corrected chi connectivity index (χ0v) is 13.7. The second-order valence-electron chi connectivity index (χ2n) is 5.44. The number of piperidine rings is 1. The molecule has 0 unspecified atom stereocenters. The molecule has 0 amide bonds. The first kappa shape index (κ1) is 16.3. The molecule has 1 fully saturated rings. The Morgan fingerprint density at radius 2 is 1.90 bits per heavy atom. The van der Waals surface area contributed by atoms with Crippen LogP contribution >= 0.6 is 12.2 Å². The van der Waals surface area contributed by atoms with Crippen molar-refractivity contribution in [2.24, 2.45) is 5.73 Å². The molecule has 1 aliphatic rings. The van der Waals surface area contributed by atoms with Crippen LogP contribution in [0, 0.1) is 5.82 Å². The smallest absolute Gasteiger partial charge is 0.244 e. The molecule has 0 aliphatic carbocycles. The number of halogens is 1. The Bertz CT molecular complexity index is 651. The molecule has 2 N–H and O–H groups in total. The zero-order chi connectivity index (χ0) is 15.8. The van der Waals surface area contributed by atoms with E-state index < -0.39 is 15.8 Å². The maximum absolute atomic E-state index is 13.9. The highest BCUT2D eigenvalue weighted by Gasteiger charge is 2.37. The SMILES string of the molecule is C[C@@H]1CCC[C@H](C)N1S(=O)(=O)c1cccc(F)c1C(N)=S. The van der Waals surface area contributed by atoms with Gasteiger partial charge in [-0.3, -0.25) is 0 Å². The van der Waals surface area contributed by atoms with Crippen molar-refractivity contribution in [3.63, 3.8) is 0 Å². The van der Waals surface area contributed by atoms with Crippen LogP contribution in [0.3, 0.4) is 0 Å². The highest BCUT2D eigenvalue weighted by Crippen LogP contribution is 2.31. The van der Waals surface area contributed by atoms with E-state index in [2.05, 4.69) is 0 Å². The molecule has 1 aromatic carbocycles. The van der Waals surface area contributed by atoms with Gasteiger partial charge in [0.25, 0.3) is 0 Å². The summed E-state index contributed by atoms with van der Waals surface area (Å²) in [5, 5.41) is 0. The molecular formula is C14H19FN2O2S2. The lowest BCUT2D eigenvalue weighted by Gasteiger charge is -2.38. The van der Waals surface area contributed by atoms with Crippen LogP contribution in [0.15, 0.2) is 23.1 Å². The van der Waals surface area contributed by atoms with E-state index in [0.717, 1.165) is 25.3 Å². The largest absolute Gasteiger partial charge is 0.389 e. The lowest BCUT2D eigenvalue weighted by molar-refractivity contribution is 0.204. The molecule has 1 saturated heterocycles. The Hall–Kier alpha value is -1.05. The summed E-state index contributed by atoms with van der Waals surface area (Å²) in [7, 11) is -3.83. The minimum atomic E-state index is -3.83. The average Bonchev–Trinajstić information content (AvgIpc) is 2.37. The van der Waals surface area contributed by atoms with Gasteiger partial charge in [0.15, 0.2) is 0 Å². The van der Waals surface area contributed by atoms with Gasteiger partial charge < -0.3 is 5.73 Å². The van der Waals surface area contributed by atoms with Crippen LogP contribution in [0.1, 0.15) is 38.7 Å². The molecule has 1 aromatic rings. The molecule has 21 heavy (non-hydrogen) atoms. The predicted octanol–water partition coefficient (Wildman–Crippen LogP) is 2.41. The van der Waals surface area contributed by atoms with E-state index >= 15 is 0 Å². The molecular weight excluding hydrogens is 311 g/mol. The fourth-order valence-electron chi connectivity index (χ4n) is 2.94. The van der Waals surface area contributed by atoms with Crippen molar-refractivity contribution < 1.29 is 12.8 Å². The van der Waals surface area contributed by atoms with Gasteiger partial charge in [0, 0.05) is 12.1 Å². The molecule has 0 spiro atoms. The number of hydrogen-bond acceptors (Lipinski definition) is 3. The Balaban J connectivity index is 2.59. The molecule has 0 saturated carbocycles. The van der Waals surface area contributed by atoms with E-state index in [4.69, 9.17) is 18.0 Å². The number of benzene rings is 1. The standard InChI is InChI=1S/C14H19FN2O2S2/c1-9-5-3-6-10(2)17(9)21(18,19)12-8-4-7-11(15)13(12)14(16)20/h4,7-10H,3,5-6H2,1-2H3,(H2,16,20)/t9-,10+. The van der Waals surface area contributed by atoms with Crippen molar-refractivity contribution in [2.75, 3.05) is 0 Å². The third kappa shape index (κ3) is 2.95. The summed E-state index contributed by atoms with van der Waals surface area (Å²) in [5.74, 6) is -0.708. The van der Waals surface area contributed by atoms with Crippen LogP contribution in [0.25, 0.3) is 0 Å². The maximum atomic E-state index is 13.9. The van der Waals surface area contributed by atoms with Crippen LogP contribution in [0.4, 0.5) is 4.39 Å². The number of rotatable bonds is 3. The molecule has 7 heteroatoms. The van der Waals surface area contributed by atoms with Gasteiger partial charge in [0.1, 0.15) is 10.8 Å². The van der Waals surface area contributed by atoms with E-state index in [0.29, 0.717) is 0 Å². The van der Waals surface area contributed by atoms with E-state index in [1.54, 1.807) is 0 Å². The Labute approximate surface area is 130 Å². The molecule has 1 aliphatic heterocycles.